The lowest BCUT2D eigenvalue weighted by Gasteiger charge is -2.34. The van der Waals surface area contributed by atoms with E-state index in [4.69, 9.17) is 9.15 Å². The van der Waals surface area contributed by atoms with Gasteiger partial charge in [-0.2, -0.15) is 0 Å². The van der Waals surface area contributed by atoms with Crippen molar-refractivity contribution in [1.29, 1.82) is 0 Å². The van der Waals surface area contributed by atoms with Crippen LogP contribution in [0.5, 0.6) is 0 Å². The fraction of sp³-hybridized carbons (Fsp3) is 0.650. The lowest BCUT2D eigenvalue weighted by molar-refractivity contribution is -0.151. The fourth-order valence-electron chi connectivity index (χ4n) is 3.38. The van der Waals surface area contributed by atoms with Gasteiger partial charge in [-0.1, -0.05) is 40.5 Å². The second-order valence-corrected chi connectivity index (χ2v) is 7.72. The molecular weight excluding hydrogens is 348 g/mol. The highest BCUT2D eigenvalue weighted by molar-refractivity contribution is 5.94. The van der Waals surface area contributed by atoms with E-state index in [1.807, 2.05) is 0 Å². The largest absolute Gasteiger partial charge is 0.459 e. The molecule has 0 radical (unpaired) electrons. The average molecular weight is 378 g/mol. The number of nitrogens with one attached hydrogen (secondary N) is 2. The van der Waals surface area contributed by atoms with Crippen LogP contribution in [0.4, 0.5) is 0 Å². The predicted octanol–water partition coefficient (Wildman–Crippen LogP) is 2.52. The van der Waals surface area contributed by atoms with E-state index < -0.39 is 17.9 Å². The van der Waals surface area contributed by atoms with Gasteiger partial charge in [-0.15, -0.1) is 0 Å². The zero-order valence-corrected chi connectivity index (χ0v) is 16.5. The molecule has 0 unspecified atom stereocenters. The van der Waals surface area contributed by atoms with Crippen LogP contribution in [-0.2, 0) is 14.3 Å². The summed E-state index contributed by atoms with van der Waals surface area (Å²) < 4.78 is 10.2. The van der Waals surface area contributed by atoms with Crippen LogP contribution in [0.1, 0.15) is 57.5 Å². The molecule has 1 heterocycles. The minimum atomic E-state index is -0.857. The summed E-state index contributed by atoms with van der Waals surface area (Å²) in [6.07, 6.45) is 4.59. The molecule has 2 rings (SSSR count). The topological polar surface area (TPSA) is 97.6 Å². The Balaban J connectivity index is 1.84. The van der Waals surface area contributed by atoms with Crippen molar-refractivity contribution in [3.63, 3.8) is 0 Å². The van der Waals surface area contributed by atoms with Gasteiger partial charge in [0.2, 0.25) is 0 Å². The molecule has 0 aromatic carbocycles. The number of furan rings is 1. The Hall–Kier alpha value is -2.31. The molecule has 0 saturated heterocycles. The molecule has 0 bridgehead atoms. The van der Waals surface area contributed by atoms with E-state index in [1.165, 1.54) is 18.8 Å². The molecule has 4 atom stereocenters. The monoisotopic (exact) mass is 378 g/mol. The maximum absolute atomic E-state index is 12.4. The van der Waals surface area contributed by atoms with Crippen molar-refractivity contribution in [2.45, 2.75) is 59.0 Å². The number of amides is 2. The van der Waals surface area contributed by atoms with Crippen molar-refractivity contribution in [1.82, 2.24) is 10.6 Å². The summed E-state index contributed by atoms with van der Waals surface area (Å²) in [5, 5.41) is 5.56. The smallest absolute Gasteiger partial charge is 0.329 e. The quantitative estimate of drug-likeness (QED) is 0.711. The molecule has 2 amide bonds. The summed E-state index contributed by atoms with van der Waals surface area (Å²) >= 11 is 0. The molecule has 1 aromatic rings. The van der Waals surface area contributed by atoms with Gasteiger partial charge >= 0.3 is 5.97 Å². The number of esters is 1. The number of ether oxygens (including phenoxy) is 1. The van der Waals surface area contributed by atoms with E-state index in [9.17, 15) is 14.4 Å². The van der Waals surface area contributed by atoms with Crippen molar-refractivity contribution in [3.05, 3.63) is 24.2 Å². The van der Waals surface area contributed by atoms with E-state index in [-0.39, 0.29) is 30.2 Å². The highest BCUT2D eigenvalue weighted by atomic mass is 16.5. The van der Waals surface area contributed by atoms with E-state index in [1.54, 1.807) is 19.9 Å². The summed E-state index contributed by atoms with van der Waals surface area (Å²) in [6.45, 7) is 7.56. The lowest BCUT2D eigenvalue weighted by atomic mass is 9.78. The van der Waals surface area contributed by atoms with Crippen LogP contribution in [0.2, 0.25) is 0 Å². The second-order valence-electron chi connectivity index (χ2n) is 7.72. The summed E-state index contributed by atoms with van der Waals surface area (Å²) in [4.78, 5) is 36.6. The highest BCUT2D eigenvalue weighted by Crippen LogP contribution is 2.29. The number of rotatable bonds is 7. The molecule has 150 valence electrons. The summed E-state index contributed by atoms with van der Waals surface area (Å²) in [6, 6.07) is 2.36. The Kier molecular flexibility index (Phi) is 7.45. The Labute approximate surface area is 160 Å². The van der Waals surface area contributed by atoms with E-state index in [2.05, 4.69) is 24.5 Å². The Morgan fingerprint density at radius 1 is 1.26 bits per heavy atom. The van der Waals surface area contributed by atoms with Crippen molar-refractivity contribution in [3.8, 4) is 0 Å². The molecular formula is C20H30N2O5. The summed E-state index contributed by atoms with van der Waals surface area (Å²) in [5.41, 5.74) is 0. The molecule has 0 spiro atoms. The van der Waals surface area contributed by atoms with Gasteiger partial charge in [-0.3, -0.25) is 9.59 Å². The zero-order valence-electron chi connectivity index (χ0n) is 16.5. The van der Waals surface area contributed by atoms with Gasteiger partial charge in [0.05, 0.1) is 6.26 Å². The van der Waals surface area contributed by atoms with Gasteiger partial charge in [0.25, 0.3) is 11.8 Å². The van der Waals surface area contributed by atoms with Crippen LogP contribution in [-0.4, -0.2) is 36.5 Å². The first-order chi connectivity index (χ1) is 12.8. The third-order valence-electron chi connectivity index (χ3n) is 5.35. The predicted molar refractivity (Wildman–Crippen MR) is 99.9 cm³/mol. The van der Waals surface area contributed by atoms with Crippen LogP contribution in [0.25, 0.3) is 0 Å². The first-order valence-electron chi connectivity index (χ1n) is 9.60. The lowest BCUT2D eigenvalue weighted by Crippen LogP contribution is -2.48. The summed E-state index contributed by atoms with van der Waals surface area (Å²) in [7, 11) is 0. The number of carbonyl (C=O) groups excluding carboxylic acids is 3. The third-order valence-corrected chi connectivity index (χ3v) is 5.35. The fourth-order valence-corrected chi connectivity index (χ4v) is 3.38. The molecule has 1 saturated carbocycles. The number of carbonyl (C=O) groups is 3. The van der Waals surface area contributed by atoms with Gasteiger partial charge in [0, 0.05) is 6.04 Å². The minimum absolute atomic E-state index is 0.111. The van der Waals surface area contributed by atoms with E-state index in [0.29, 0.717) is 11.8 Å². The standard InChI is InChI=1S/C20H30N2O5/c1-12(2)18(22-19(24)16-9-6-10-26-16)20(25)27-11-17(23)21-15-8-5-7-13(3)14(15)4/h6,9-10,12-15,18H,5,7-8,11H2,1-4H3,(H,21,23)(H,22,24)/t13-,14+,15+,18+/m1/s1. The first-order valence-corrected chi connectivity index (χ1v) is 9.60. The van der Waals surface area contributed by atoms with Crippen molar-refractivity contribution in [2.24, 2.45) is 17.8 Å². The molecule has 1 fully saturated rings. The molecule has 0 aliphatic heterocycles. The SMILES string of the molecule is CC(C)[C@H](NC(=O)c1ccco1)C(=O)OCC(=O)N[C@H]1CCC[C@@H](C)[C@@H]1C. The number of hydrogen-bond acceptors (Lipinski definition) is 5. The molecule has 2 N–H and O–H groups in total. The Morgan fingerprint density at radius 2 is 2.00 bits per heavy atom. The van der Waals surface area contributed by atoms with Crippen LogP contribution in [0.3, 0.4) is 0 Å². The first kappa shape index (κ1) is 21.0. The normalized spacial score (nSPS) is 23.5. The van der Waals surface area contributed by atoms with Gasteiger partial charge in [0.15, 0.2) is 12.4 Å². The van der Waals surface area contributed by atoms with Gasteiger partial charge in [0.1, 0.15) is 6.04 Å². The highest BCUT2D eigenvalue weighted by Gasteiger charge is 2.30. The summed E-state index contributed by atoms with van der Waals surface area (Å²) in [5.74, 6) is -0.558. The molecule has 1 aliphatic rings. The molecule has 1 aromatic heterocycles. The average Bonchev–Trinajstić information content (AvgIpc) is 3.16. The van der Waals surface area contributed by atoms with E-state index >= 15 is 0 Å². The van der Waals surface area contributed by atoms with E-state index in [0.717, 1.165) is 12.8 Å². The van der Waals surface area contributed by atoms with Crippen molar-refractivity contribution >= 4 is 17.8 Å². The molecule has 7 heteroatoms. The maximum Gasteiger partial charge on any atom is 0.329 e. The maximum atomic E-state index is 12.4. The molecule has 1 aliphatic carbocycles. The van der Waals surface area contributed by atoms with Gasteiger partial charge in [-0.05, 0) is 36.3 Å². The van der Waals surface area contributed by atoms with Crippen LogP contribution in [0.15, 0.2) is 22.8 Å². The zero-order chi connectivity index (χ0) is 20.0. The Morgan fingerprint density at radius 3 is 2.63 bits per heavy atom. The second kappa shape index (κ2) is 9.58. The third kappa shape index (κ3) is 5.84. The van der Waals surface area contributed by atoms with Crippen LogP contribution in [0, 0.1) is 17.8 Å². The van der Waals surface area contributed by atoms with Crippen molar-refractivity contribution in [2.75, 3.05) is 6.61 Å². The molecule has 27 heavy (non-hydrogen) atoms. The molecule has 7 nitrogen and oxygen atoms in total. The van der Waals surface area contributed by atoms with Crippen molar-refractivity contribution < 1.29 is 23.5 Å². The van der Waals surface area contributed by atoms with Gasteiger partial charge < -0.3 is 19.8 Å². The Bertz CT molecular complexity index is 641. The minimum Gasteiger partial charge on any atom is -0.459 e. The van der Waals surface area contributed by atoms with Crippen LogP contribution < -0.4 is 10.6 Å². The van der Waals surface area contributed by atoms with Gasteiger partial charge in [-0.25, -0.2) is 4.79 Å². The number of hydrogen-bond donors (Lipinski definition) is 2. The van der Waals surface area contributed by atoms with Crippen LogP contribution >= 0.6 is 0 Å².